The van der Waals surface area contributed by atoms with E-state index in [9.17, 15) is 5.11 Å². The first-order valence-electron chi connectivity index (χ1n) is 6.93. The van der Waals surface area contributed by atoms with Crippen LogP contribution in [0.4, 0.5) is 5.69 Å². The Labute approximate surface area is 109 Å². The molecule has 0 saturated carbocycles. The number of nitrogens with one attached hydrogen (secondary N) is 1. The molecule has 0 radical (unpaired) electrons. The first-order valence-corrected chi connectivity index (χ1v) is 6.93. The third-order valence-corrected chi connectivity index (χ3v) is 4.49. The zero-order valence-corrected chi connectivity index (χ0v) is 11.1. The van der Waals surface area contributed by atoms with Gasteiger partial charge in [-0.1, -0.05) is 17.7 Å². The predicted molar refractivity (Wildman–Crippen MR) is 74.3 cm³/mol. The fraction of sp³-hybridized carbons (Fsp3) is 0.600. The van der Waals surface area contributed by atoms with Gasteiger partial charge in [-0.25, -0.2) is 0 Å². The lowest BCUT2D eigenvalue weighted by molar-refractivity contribution is 0.290. The van der Waals surface area contributed by atoms with E-state index in [2.05, 4.69) is 35.3 Å². The maximum absolute atomic E-state index is 9.24. The van der Waals surface area contributed by atoms with E-state index in [1.807, 2.05) is 0 Å². The highest BCUT2D eigenvalue weighted by Gasteiger charge is 2.42. The van der Waals surface area contributed by atoms with E-state index in [4.69, 9.17) is 0 Å². The number of piperidine rings is 1. The molecule has 0 unspecified atom stereocenters. The highest BCUT2D eigenvalue weighted by Crippen LogP contribution is 2.46. The van der Waals surface area contributed by atoms with E-state index in [1.165, 1.54) is 29.7 Å². The quantitative estimate of drug-likeness (QED) is 0.828. The van der Waals surface area contributed by atoms with Gasteiger partial charge >= 0.3 is 0 Å². The van der Waals surface area contributed by atoms with Crippen molar-refractivity contribution < 1.29 is 5.11 Å². The fourth-order valence-electron chi connectivity index (χ4n) is 3.54. The summed E-state index contributed by atoms with van der Waals surface area (Å²) in [6, 6.07) is 6.78. The molecule has 1 aromatic carbocycles. The summed E-state index contributed by atoms with van der Waals surface area (Å²) in [5.41, 5.74) is 4.52. The lowest BCUT2D eigenvalue weighted by Gasteiger charge is -2.35. The van der Waals surface area contributed by atoms with Crippen molar-refractivity contribution in [2.24, 2.45) is 0 Å². The molecule has 0 aliphatic carbocycles. The maximum atomic E-state index is 9.24. The standard InChI is InChI=1S/C15H22N2O/c1-12-2-3-14-13(10-12)15(4-6-16-7-5-15)11-17(14)8-9-18/h2-3,10,16,18H,4-9,11H2,1H3. The predicted octanol–water partition coefficient (Wildman–Crippen LogP) is 1.43. The van der Waals surface area contributed by atoms with Gasteiger partial charge in [0.15, 0.2) is 0 Å². The van der Waals surface area contributed by atoms with Crippen LogP contribution < -0.4 is 10.2 Å². The Hall–Kier alpha value is -1.06. The summed E-state index contributed by atoms with van der Waals surface area (Å²) in [7, 11) is 0. The van der Waals surface area contributed by atoms with E-state index in [0.29, 0.717) is 5.41 Å². The normalized spacial score (nSPS) is 21.3. The number of nitrogens with zero attached hydrogens (tertiary/aromatic N) is 1. The molecular formula is C15H22N2O. The van der Waals surface area contributed by atoms with Gasteiger partial charge in [0.05, 0.1) is 6.61 Å². The number of fused-ring (bicyclic) bond motifs is 2. The SMILES string of the molecule is Cc1ccc2c(c1)C1(CCNCC1)CN2CCO. The molecule has 1 saturated heterocycles. The lowest BCUT2D eigenvalue weighted by atomic mass is 9.74. The summed E-state index contributed by atoms with van der Waals surface area (Å²) >= 11 is 0. The van der Waals surface area contributed by atoms with E-state index in [-0.39, 0.29) is 6.61 Å². The second-order valence-corrected chi connectivity index (χ2v) is 5.70. The number of benzene rings is 1. The minimum atomic E-state index is 0.238. The Kier molecular flexibility index (Phi) is 3.04. The molecule has 1 spiro atoms. The Morgan fingerprint density at radius 1 is 1.33 bits per heavy atom. The Morgan fingerprint density at radius 2 is 2.11 bits per heavy atom. The van der Waals surface area contributed by atoms with Gasteiger partial charge in [0.1, 0.15) is 0 Å². The Bertz CT molecular complexity index is 438. The number of β-amino-alcohol motifs (C(OH)–C–C–N with tert-alkyl or cyclic N) is 1. The summed E-state index contributed by atoms with van der Waals surface area (Å²) in [4.78, 5) is 2.36. The van der Waals surface area contributed by atoms with Gasteiger partial charge < -0.3 is 15.3 Å². The van der Waals surface area contributed by atoms with Crippen molar-refractivity contribution in [1.82, 2.24) is 5.32 Å². The van der Waals surface area contributed by atoms with Gasteiger partial charge in [0.25, 0.3) is 0 Å². The summed E-state index contributed by atoms with van der Waals surface area (Å²) in [6.07, 6.45) is 2.43. The number of aliphatic hydroxyl groups excluding tert-OH is 1. The average Bonchev–Trinajstić information content (AvgIpc) is 2.65. The van der Waals surface area contributed by atoms with Crippen LogP contribution in [-0.4, -0.2) is 37.9 Å². The van der Waals surface area contributed by atoms with Gasteiger partial charge in [-0.2, -0.15) is 0 Å². The van der Waals surface area contributed by atoms with Crippen LogP contribution in [0.3, 0.4) is 0 Å². The number of hydrogen-bond acceptors (Lipinski definition) is 3. The fourth-order valence-corrected chi connectivity index (χ4v) is 3.54. The van der Waals surface area contributed by atoms with Gasteiger partial charge in [0, 0.05) is 24.2 Å². The Morgan fingerprint density at radius 3 is 2.83 bits per heavy atom. The van der Waals surface area contributed by atoms with E-state index >= 15 is 0 Å². The maximum Gasteiger partial charge on any atom is 0.0606 e. The molecular weight excluding hydrogens is 224 g/mol. The smallest absolute Gasteiger partial charge is 0.0606 e. The van der Waals surface area contributed by atoms with Crippen LogP contribution in [-0.2, 0) is 5.41 Å². The van der Waals surface area contributed by atoms with Crippen molar-refractivity contribution in [2.75, 3.05) is 37.7 Å². The molecule has 1 aromatic rings. The lowest BCUT2D eigenvalue weighted by Crippen LogP contribution is -2.43. The molecule has 0 aromatic heterocycles. The highest BCUT2D eigenvalue weighted by atomic mass is 16.3. The largest absolute Gasteiger partial charge is 0.395 e. The molecule has 98 valence electrons. The average molecular weight is 246 g/mol. The van der Waals surface area contributed by atoms with Crippen LogP contribution in [0.5, 0.6) is 0 Å². The van der Waals surface area contributed by atoms with Crippen LogP contribution in [0.2, 0.25) is 0 Å². The second kappa shape index (κ2) is 4.56. The van der Waals surface area contributed by atoms with Crippen LogP contribution in [0.1, 0.15) is 24.0 Å². The molecule has 2 aliphatic heterocycles. The summed E-state index contributed by atoms with van der Waals surface area (Å²) in [5.74, 6) is 0. The van der Waals surface area contributed by atoms with Gasteiger partial charge in [-0.05, 0) is 44.5 Å². The van der Waals surface area contributed by atoms with E-state index < -0.39 is 0 Å². The van der Waals surface area contributed by atoms with Crippen LogP contribution in [0, 0.1) is 6.92 Å². The van der Waals surface area contributed by atoms with Crippen molar-refractivity contribution in [3.05, 3.63) is 29.3 Å². The van der Waals surface area contributed by atoms with Crippen LogP contribution >= 0.6 is 0 Å². The second-order valence-electron chi connectivity index (χ2n) is 5.70. The first kappa shape index (κ1) is 12.0. The third kappa shape index (κ3) is 1.82. The molecule has 3 nitrogen and oxygen atoms in total. The molecule has 18 heavy (non-hydrogen) atoms. The van der Waals surface area contributed by atoms with Crippen molar-refractivity contribution in [3.63, 3.8) is 0 Å². The molecule has 0 atom stereocenters. The van der Waals surface area contributed by atoms with E-state index in [0.717, 1.165) is 26.2 Å². The molecule has 2 aliphatic rings. The molecule has 0 bridgehead atoms. The number of anilines is 1. The summed E-state index contributed by atoms with van der Waals surface area (Å²) < 4.78 is 0. The molecule has 2 heterocycles. The third-order valence-electron chi connectivity index (χ3n) is 4.49. The summed E-state index contributed by atoms with van der Waals surface area (Å²) in [5, 5.41) is 12.7. The van der Waals surface area contributed by atoms with Crippen molar-refractivity contribution in [1.29, 1.82) is 0 Å². The first-order chi connectivity index (χ1) is 8.75. The van der Waals surface area contributed by atoms with Gasteiger partial charge in [-0.3, -0.25) is 0 Å². The van der Waals surface area contributed by atoms with Crippen molar-refractivity contribution in [2.45, 2.75) is 25.2 Å². The van der Waals surface area contributed by atoms with Crippen molar-refractivity contribution in [3.8, 4) is 0 Å². The topological polar surface area (TPSA) is 35.5 Å². The van der Waals surface area contributed by atoms with Crippen LogP contribution in [0.25, 0.3) is 0 Å². The zero-order chi connectivity index (χ0) is 12.6. The number of aryl methyl sites for hydroxylation is 1. The number of hydrogen-bond donors (Lipinski definition) is 2. The van der Waals surface area contributed by atoms with Gasteiger partial charge in [-0.15, -0.1) is 0 Å². The van der Waals surface area contributed by atoms with Gasteiger partial charge in [0.2, 0.25) is 0 Å². The summed E-state index contributed by atoms with van der Waals surface area (Å²) in [6.45, 7) is 6.46. The molecule has 1 fully saturated rings. The van der Waals surface area contributed by atoms with Crippen molar-refractivity contribution >= 4 is 5.69 Å². The molecule has 2 N–H and O–H groups in total. The molecule has 3 rings (SSSR count). The molecule has 3 heteroatoms. The van der Waals surface area contributed by atoms with E-state index in [1.54, 1.807) is 0 Å². The van der Waals surface area contributed by atoms with Crippen LogP contribution in [0.15, 0.2) is 18.2 Å². The minimum Gasteiger partial charge on any atom is -0.395 e. The zero-order valence-electron chi connectivity index (χ0n) is 11.1. The number of rotatable bonds is 2. The minimum absolute atomic E-state index is 0.238. The monoisotopic (exact) mass is 246 g/mol. The highest BCUT2D eigenvalue weighted by molar-refractivity contribution is 5.64. The number of aliphatic hydroxyl groups is 1. The Balaban J connectivity index is 2.02. The molecule has 0 amide bonds.